The molecule has 1 aliphatic heterocycles. The molecular weight excluding hydrogens is 178 g/mol. The zero-order valence-electron chi connectivity index (χ0n) is 8.39. The summed E-state index contributed by atoms with van der Waals surface area (Å²) in [6, 6.07) is 1.94. The molecule has 0 radical (unpaired) electrons. The van der Waals surface area contributed by atoms with Gasteiger partial charge in [0.2, 0.25) is 0 Å². The molecule has 4 heteroatoms. The third kappa shape index (κ3) is 2.01. The maximum atomic E-state index is 5.59. The molecule has 0 amide bonds. The molecule has 1 aliphatic rings. The molecule has 2 heterocycles. The van der Waals surface area contributed by atoms with Crippen molar-refractivity contribution in [3.8, 4) is 0 Å². The Kier molecular flexibility index (Phi) is 2.93. The number of nitrogens with zero attached hydrogens (tertiary/aromatic N) is 3. The Balaban J connectivity index is 2.04. The van der Waals surface area contributed by atoms with Gasteiger partial charge in [-0.2, -0.15) is 0 Å². The van der Waals surface area contributed by atoms with Gasteiger partial charge in [0, 0.05) is 19.3 Å². The van der Waals surface area contributed by atoms with Crippen molar-refractivity contribution in [2.75, 3.05) is 24.6 Å². The Labute approximate surface area is 83.9 Å². The molecule has 14 heavy (non-hydrogen) atoms. The van der Waals surface area contributed by atoms with E-state index in [1.54, 1.807) is 12.5 Å². The second kappa shape index (κ2) is 4.37. The average molecular weight is 193 g/mol. The molecule has 0 spiro atoms. The summed E-state index contributed by atoms with van der Waals surface area (Å²) in [5.74, 6) is 1.00. The van der Waals surface area contributed by atoms with Crippen LogP contribution in [0.25, 0.3) is 0 Å². The van der Waals surface area contributed by atoms with Crippen molar-refractivity contribution in [1.29, 1.82) is 0 Å². The average Bonchev–Trinajstić information content (AvgIpc) is 2.30. The monoisotopic (exact) mass is 193 g/mol. The van der Waals surface area contributed by atoms with Crippen LogP contribution in [0, 0.1) is 0 Å². The predicted octanol–water partition coefficient (Wildman–Crippen LogP) is 1.09. The van der Waals surface area contributed by atoms with Gasteiger partial charge in [-0.05, 0) is 12.5 Å². The number of rotatable bonds is 2. The van der Waals surface area contributed by atoms with E-state index in [4.69, 9.17) is 4.74 Å². The minimum absolute atomic E-state index is 0.346. The smallest absolute Gasteiger partial charge is 0.132 e. The van der Waals surface area contributed by atoms with E-state index in [-0.39, 0.29) is 0 Å². The molecule has 0 aliphatic carbocycles. The third-order valence-electron chi connectivity index (χ3n) is 2.48. The molecule has 1 atom stereocenters. The topological polar surface area (TPSA) is 38.2 Å². The van der Waals surface area contributed by atoms with Crippen LogP contribution in [0.15, 0.2) is 18.6 Å². The lowest BCUT2D eigenvalue weighted by Gasteiger charge is -2.33. The summed E-state index contributed by atoms with van der Waals surface area (Å²) in [4.78, 5) is 10.4. The predicted molar refractivity (Wildman–Crippen MR) is 54.3 cm³/mol. The van der Waals surface area contributed by atoms with Crippen LogP contribution >= 0.6 is 0 Å². The lowest BCUT2D eigenvalue weighted by atomic mass is 10.2. The number of aromatic nitrogens is 2. The number of ether oxygens (including phenoxy) is 1. The van der Waals surface area contributed by atoms with E-state index in [2.05, 4.69) is 21.8 Å². The van der Waals surface area contributed by atoms with Gasteiger partial charge in [-0.15, -0.1) is 0 Å². The normalized spacial score (nSPS) is 22.4. The summed E-state index contributed by atoms with van der Waals surface area (Å²) < 4.78 is 5.59. The second-order valence-electron chi connectivity index (χ2n) is 3.41. The summed E-state index contributed by atoms with van der Waals surface area (Å²) in [7, 11) is 0. The van der Waals surface area contributed by atoms with Crippen LogP contribution in [0.2, 0.25) is 0 Å². The van der Waals surface area contributed by atoms with E-state index < -0.39 is 0 Å². The number of hydrogen-bond donors (Lipinski definition) is 0. The van der Waals surface area contributed by atoms with Crippen LogP contribution < -0.4 is 4.90 Å². The molecule has 76 valence electrons. The first-order valence-corrected chi connectivity index (χ1v) is 5.02. The van der Waals surface area contributed by atoms with Gasteiger partial charge in [0.05, 0.1) is 12.7 Å². The number of hydrogen-bond acceptors (Lipinski definition) is 4. The number of anilines is 1. The van der Waals surface area contributed by atoms with Crippen molar-refractivity contribution >= 4 is 5.82 Å². The fourth-order valence-corrected chi connectivity index (χ4v) is 1.65. The van der Waals surface area contributed by atoms with Crippen molar-refractivity contribution in [3.05, 3.63) is 18.6 Å². The highest BCUT2D eigenvalue weighted by Crippen LogP contribution is 2.14. The van der Waals surface area contributed by atoms with Crippen LogP contribution in [0.5, 0.6) is 0 Å². The highest BCUT2D eigenvalue weighted by Gasteiger charge is 2.19. The van der Waals surface area contributed by atoms with Crippen LogP contribution in [0.1, 0.15) is 13.3 Å². The highest BCUT2D eigenvalue weighted by molar-refractivity contribution is 5.36. The van der Waals surface area contributed by atoms with Crippen molar-refractivity contribution in [3.63, 3.8) is 0 Å². The van der Waals surface area contributed by atoms with Gasteiger partial charge in [0.15, 0.2) is 0 Å². The third-order valence-corrected chi connectivity index (χ3v) is 2.48. The molecular formula is C10H15N3O. The van der Waals surface area contributed by atoms with Gasteiger partial charge in [-0.25, -0.2) is 9.97 Å². The van der Waals surface area contributed by atoms with Crippen molar-refractivity contribution < 1.29 is 4.74 Å². The Morgan fingerprint density at radius 3 is 3.29 bits per heavy atom. The molecule has 1 unspecified atom stereocenters. The minimum atomic E-state index is 0.346. The standard InChI is InChI=1S/C10H15N3O/c1-2-9-7-13(5-6-14-9)10-3-4-11-8-12-10/h3-4,8-9H,2,5-7H2,1H3. The van der Waals surface area contributed by atoms with E-state index in [1.165, 1.54) is 0 Å². The van der Waals surface area contributed by atoms with Gasteiger partial charge in [0.1, 0.15) is 12.1 Å². The van der Waals surface area contributed by atoms with Gasteiger partial charge < -0.3 is 9.64 Å². The molecule has 0 saturated carbocycles. The first kappa shape index (κ1) is 9.40. The van der Waals surface area contributed by atoms with E-state index in [9.17, 15) is 0 Å². The SMILES string of the molecule is CCC1CN(c2ccncn2)CCO1. The van der Waals surface area contributed by atoms with Crippen LogP contribution in [0.3, 0.4) is 0 Å². The zero-order chi connectivity index (χ0) is 9.80. The lowest BCUT2D eigenvalue weighted by Crippen LogP contribution is -2.42. The van der Waals surface area contributed by atoms with Crippen molar-refractivity contribution in [2.45, 2.75) is 19.4 Å². The van der Waals surface area contributed by atoms with E-state index >= 15 is 0 Å². The molecule has 1 saturated heterocycles. The van der Waals surface area contributed by atoms with E-state index in [1.807, 2.05) is 6.07 Å². The van der Waals surface area contributed by atoms with Crippen LogP contribution in [0.4, 0.5) is 5.82 Å². The largest absolute Gasteiger partial charge is 0.375 e. The Bertz CT molecular complexity index is 278. The molecule has 2 rings (SSSR count). The fraction of sp³-hybridized carbons (Fsp3) is 0.600. The summed E-state index contributed by atoms with van der Waals surface area (Å²) in [6.45, 7) is 4.80. The molecule has 0 N–H and O–H groups in total. The van der Waals surface area contributed by atoms with Crippen molar-refractivity contribution in [1.82, 2.24) is 9.97 Å². The lowest BCUT2D eigenvalue weighted by molar-refractivity contribution is 0.0381. The molecule has 1 aromatic rings. The maximum absolute atomic E-state index is 5.59. The molecule has 0 aromatic carbocycles. The fourth-order valence-electron chi connectivity index (χ4n) is 1.65. The molecule has 0 bridgehead atoms. The Hall–Kier alpha value is -1.16. The maximum Gasteiger partial charge on any atom is 0.132 e. The first-order valence-electron chi connectivity index (χ1n) is 5.02. The molecule has 1 fully saturated rings. The summed E-state index contributed by atoms with van der Waals surface area (Å²) in [5.41, 5.74) is 0. The van der Waals surface area contributed by atoms with Crippen LogP contribution in [-0.4, -0.2) is 35.8 Å². The second-order valence-corrected chi connectivity index (χ2v) is 3.41. The Morgan fingerprint density at radius 2 is 2.57 bits per heavy atom. The van der Waals surface area contributed by atoms with Gasteiger partial charge in [-0.1, -0.05) is 6.92 Å². The summed E-state index contributed by atoms with van der Waals surface area (Å²) in [5, 5.41) is 0. The first-order chi connectivity index (χ1) is 6.90. The minimum Gasteiger partial charge on any atom is -0.375 e. The van der Waals surface area contributed by atoms with Gasteiger partial charge >= 0.3 is 0 Å². The summed E-state index contributed by atoms with van der Waals surface area (Å²) in [6.07, 6.45) is 4.77. The molecule has 1 aromatic heterocycles. The van der Waals surface area contributed by atoms with Crippen LogP contribution in [-0.2, 0) is 4.74 Å². The zero-order valence-corrected chi connectivity index (χ0v) is 8.39. The van der Waals surface area contributed by atoms with Gasteiger partial charge in [-0.3, -0.25) is 0 Å². The number of morpholine rings is 1. The summed E-state index contributed by atoms with van der Waals surface area (Å²) >= 11 is 0. The molecule has 4 nitrogen and oxygen atoms in total. The van der Waals surface area contributed by atoms with E-state index in [0.717, 1.165) is 31.9 Å². The quantitative estimate of drug-likeness (QED) is 0.704. The van der Waals surface area contributed by atoms with E-state index in [0.29, 0.717) is 6.10 Å². The highest BCUT2D eigenvalue weighted by atomic mass is 16.5. The van der Waals surface area contributed by atoms with Crippen molar-refractivity contribution in [2.24, 2.45) is 0 Å². The Morgan fingerprint density at radius 1 is 1.64 bits per heavy atom. The van der Waals surface area contributed by atoms with Gasteiger partial charge in [0.25, 0.3) is 0 Å².